The molecule has 0 radical (unpaired) electrons. The second-order valence-corrected chi connectivity index (χ2v) is 9.61. The fourth-order valence-corrected chi connectivity index (χ4v) is 4.86. The number of para-hydroxylation sites is 1. The highest BCUT2D eigenvalue weighted by Gasteiger charge is 2.29. The second kappa shape index (κ2) is 10.9. The molecule has 0 aliphatic carbocycles. The van der Waals surface area contributed by atoms with Crippen LogP contribution in [0.3, 0.4) is 0 Å². The predicted molar refractivity (Wildman–Crippen MR) is 135 cm³/mol. The molecule has 1 N–H and O–H groups in total. The molecule has 1 unspecified atom stereocenters. The van der Waals surface area contributed by atoms with Gasteiger partial charge in [-0.3, -0.25) is 9.36 Å². The predicted octanol–water partition coefficient (Wildman–Crippen LogP) is 4.18. The van der Waals surface area contributed by atoms with Gasteiger partial charge in [0.05, 0.1) is 31.3 Å². The molecule has 1 amide bonds. The van der Waals surface area contributed by atoms with E-state index in [9.17, 15) is 4.79 Å². The van der Waals surface area contributed by atoms with E-state index in [2.05, 4.69) is 44.0 Å². The molecule has 0 bridgehead atoms. The Morgan fingerprint density at radius 3 is 2.44 bits per heavy atom. The van der Waals surface area contributed by atoms with E-state index in [1.807, 2.05) is 50.2 Å². The van der Waals surface area contributed by atoms with Crippen molar-refractivity contribution < 1.29 is 14.3 Å². The van der Waals surface area contributed by atoms with Crippen LogP contribution in [0.25, 0.3) is 5.69 Å². The number of nitrogens with zero attached hydrogens (tertiary/aromatic N) is 4. The maximum atomic E-state index is 13.3. The Labute approximate surface area is 204 Å². The Kier molecular flexibility index (Phi) is 7.74. The number of anilines is 2. The molecular formula is C25H31N5O3S. The third-order valence-electron chi connectivity index (χ3n) is 5.72. The fraction of sp³-hybridized carbons (Fsp3) is 0.400. The molecule has 1 saturated heterocycles. The van der Waals surface area contributed by atoms with E-state index in [1.54, 1.807) is 7.11 Å². The van der Waals surface area contributed by atoms with Gasteiger partial charge in [-0.25, -0.2) is 0 Å². The first-order valence-corrected chi connectivity index (χ1v) is 12.3. The van der Waals surface area contributed by atoms with Crippen molar-refractivity contribution in [2.24, 2.45) is 5.92 Å². The van der Waals surface area contributed by atoms with E-state index in [0.717, 1.165) is 41.7 Å². The van der Waals surface area contributed by atoms with Crippen LogP contribution in [-0.2, 0) is 9.53 Å². The molecule has 2 aromatic carbocycles. The van der Waals surface area contributed by atoms with Crippen molar-refractivity contribution >= 4 is 29.3 Å². The highest BCUT2D eigenvalue weighted by Crippen LogP contribution is 2.34. The standard InChI is InChI=1S/C25H31N5O3S/c1-17(2)22(23(31)26-19-9-11-20(32-4)12-10-19)34-25-28-27-24(29-13-15-33-16-14-29)30(25)21-8-6-5-7-18(21)3/h5-12,17,22H,13-16H2,1-4H3,(H,26,31). The van der Waals surface area contributed by atoms with Gasteiger partial charge in [0.2, 0.25) is 11.9 Å². The molecule has 1 fully saturated rings. The summed E-state index contributed by atoms with van der Waals surface area (Å²) in [6.45, 7) is 8.97. The van der Waals surface area contributed by atoms with E-state index >= 15 is 0 Å². The van der Waals surface area contributed by atoms with Gasteiger partial charge < -0.3 is 19.7 Å². The van der Waals surface area contributed by atoms with Crippen molar-refractivity contribution in [3.05, 3.63) is 54.1 Å². The fourth-order valence-electron chi connectivity index (χ4n) is 3.83. The van der Waals surface area contributed by atoms with Gasteiger partial charge in [0.25, 0.3) is 0 Å². The van der Waals surface area contributed by atoms with Crippen LogP contribution in [0.15, 0.2) is 53.7 Å². The molecular weight excluding hydrogens is 450 g/mol. The molecule has 1 atom stereocenters. The van der Waals surface area contributed by atoms with Crippen molar-refractivity contribution in [3.63, 3.8) is 0 Å². The van der Waals surface area contributed by atoms with Gasteiger partial charge >= 0.3 is 0 Å². The minimum Gasteiger partial charge on any atom is -0.497 e. The molecule has 34 heavy (non-hydrogen) atoms. The summed E-state index contributed by atoms with van der Waals surface area (Å²) in [5.74, 6) is 1.53. The number of hydrogen-bond acceptors (Lipinski definition) is 7. The molecule has 1 aliphatic rings. The van der Waals surface area contributed by atoms with Crippen LogP contribution >= 0.6 is 11.8 Å². The Morgan fingerprint density at radius 1 is 1.09 bits per heavy atom. The molecule has 0 saturated carbocycles. The van der Waals surface area contributed by atoms with Gasteiger partial charge in [-0.1, -0.05) is 43.8 Å². The smallest absolute Gasteiger partial charge is 0.238 e. The van der Waals surface area contributed by atoms with Gasteiger partial charge in [0, 0.05) is 18.8 Å². The Bertz CT molecular complexity index is 1110. The Balaban J connectivity index is 1.64. The van der Waals surface area contributed by atoms with Crippen LogP contribution in [0, 0.1) is 12.8 Å². The first-order chi connectivity index (χ1) is 16.5. The SMILES string of the molecule is COc1ccc(NC(=O)C(Sc2nnc(N3CCOCC3)n2-c2ccccc2C)C(C)C)cc1. The van der Waals surface area contributed by atoms with Gasteiger partial charge in [0.1, 0.15) is 5.75 Å². The second-order valence-electron chi connectivity index (χ2n) is 8.50. The third-order valence-corrected chi connectivity index (χ3v) is 7.21. The summed E-state index contributed by atoms with van der Waals surface area (Å²) in [6.07, 6.45) is 0. The first kappa shape index (κ1) is 24.1. The molecule has 0 spiro atoms. The van der Waals surface area contributed by atoms with Crippen LogP contribution < -0.4 is 15.0 Å². The number of morpholine rings is 1. The average molecular weight is 482 g/mol. The minimum absolute atomic E-state index is 0.0718. The number of carbonyl (C=O) groups excluding carboxylic acids is 1. The quantitative estimate of drug-likeness (QED) is 0.484. The topological polar surface area (TPSA) is 81.5 Å². The van der Waals surface area contributed by atoms with Gasteiger partial charge in [-0.15, -0.1) is 10.2 Å². The van der Waals surface area contributed by atoms with Crippen LogP contribution in [0.5, 0.6) is 5.75 Å². The van der Waals surface area contributed by atoms with E-state index in [1.165, 1.54) is 11.8 Å². The lowest BCUT2D eigenvalue weighted by molar-refractivity contribution is -0.116. The summed E-state index contributed by atoms with van der Waals surface area (Å²) in [5, 5.41) is 12.5. The number of hydrogen-bond donors (Lipinski definition) is 1. The zero-order valence-corrected chi connectivity index (χ0v) is 20.8. The summed E-state index contributed by atoms with van der Waals surface area (Å²) >= 11 is 1.44. The molecule has 180 valence electrons. The van der Waals surface area contributed by atoms with Crippen LogP contribution in [0.4, 0.5) is 11.6 Å². The Hall–Kier alpha value is -3.04. The van der Waals surface area contributed by atoms with Gasteiger partial charge in [-0.05, 0) is 48.7 Å². The molecule has 8 nitrogen and oxygen atoms in total. The number of aromatic nitrogens is 3. The molecule has 3 aromatic rings. The van der Waals surface area contributed by atoms with Crippen molar-refractivity contribution in [2.75, 3.05) is 43.6 Å². The van der Waals surface area contributed by atoms with Crippen molar-refractivity contribution in [2.45, 2.75) is 31.2 Å². The summed E-state index contributed by atoms with van der Waals surface area (Å²) in [7, 11) is 1.62. The normalized spacial score (nSPS) is 14.8. The number of methoxy groups -OCH3 is 1. The van der Waals surface area contributed by atoms with E-state index in [-0.39, 0.29) is 17.1 Å². The highest BCUT2D eigenvalue weighted by atomic mass is 32.2. The van der Waals surface area contributed by atoms with E-state index < -0.39 is 0 Å². The lowest BCUT2D eigenvalue weighted by Gasteiger charge is -2.28. The van der Waals surface area contributed by atoms with Crippen molar-refractivity contribution in [1.82, 2.24) is 14.8 Å². The number of rotatable bonds is 8. The number of ether oxygens (including phenoxy) is 2. The highest BCUT2D eigenvalue weighted by molar-refractivity contribution is 8.00. The zero-order valence-electron chi connectivity index (χ0n) is 20.0. The van der Waals surface area contributed by atoms with Crippen LogP contribution in [0.1, 0.15) is 19.4 Å². The zero-order chi connectivity index (χ0) is 24.1. The number of benzene rings is 2. The van der Waals surface area contributed by atoms with Crippen molar-refractivity contribution in [1.29, 1.82) is 0 Å². The first-order valence-electron chi connectivity index (χ1n) is 11.4. The number of carbonyl (C=O) groups is 1. The Morgan fingerprint density at radius 2 is 1.79 bits per heavy atom. The molecule has 4 rings (SSSR count). The summed E-state index contributed by atoms with van der Waals surface area (Å²) in [4.78, 5) is 15.5. The maximum absolute atomic E-state index is 13.3. The monoisotopic (exact) mass is 481 g/mol. The maximum Gasteiger partial charge on any atom is 0.238 e. The van der Waals surface area contributed by atoms with E-state index in [0.29, 0.717) is 18.4 Å². The van der Waals surface area contributed by atoms with Gasteiger partial charge in [-0.2, -0.15) is 0 Å². The van der Waals surface area contributed by atoms with Crippen LogP contribution in [-0.4, -0.2) is 59.3 Å². The summed E-state index contributed by atoms with van der Waals surface area (Å²) in [6, 6.07) is 15.5. The molecule has 2 heterocycles. The third kappa shape index (κ3) is 5.37. The van der Waals surface area contributed by atoms with Crippen molar-refractivity contribution in [3.8, 4) is 11.4 Å². The number of thioether (sulfide) groups is 1. The molecule has 9 heteroatoms. The number of aryl methyl sites for hydroxylation is 1. The lowest BCUT2D eigenvalue weighted by atomic mass is 10.1. The largest absolute Gasteiger partial charge is 0.497 e. The average Bonchev–Trinajstić information content (AvgIpc) is 3.27. The summed E-state index contributed by atoms with van der Waals surface area (Å²) < 4.78 is 12.8. The number of amides is 1. The van der Waals surface area contributed by atoms with Crippen LogP contribution in [0.2, 0.25) is 0 Å². The lowest BCUT2D eigenvalue weighted by Crippen LogP contribution is -2.38. The summed E-state index contributed by atoms with van der Waals surface area (Å²) in [5.41, 5.74) is 2.85. The molecule has 1 aliphatic heterocycles. The minimum atomic E-state index is -0.355. The van der Waals surface area contributed by atoms with E-state index in [4.69, 9.17) is 9.47 Å². The molecule has 1 aromatic heterocycles. The van der Waals surface area contributed by atoms with Gasteiger partial charge in [0.15, 0.2) is 5.16 Å². The number of nitrogens with one attached hydrogen (secondary N) is 1.